The predicted octanol–water partition coefficient (Wildman–Crippen LogP) is 2.08. The van der Waals surface area contributed by atoms with Crippen LogP contribution in [0, 0.1) is 0 Å². The third-order valence-corrected chi connectivity index (χ3v) is 4.25. The fourth-order valence-corrected chi connectivity index (χ4v) is 2.88. The fourth-order valence-electron chi connectivity index (χ4n) is 1.51. The van der Waals surface area contributed by atoms with Gasteiger partial charge in [-0.05, 0) is 18.9 Å². The van der Waals surface area contributed by atoms with Crippen LogP contribution in [0.3, 0.4) is 0 Å². The molecule has 0 saturated carbocycles. The first kappa shape index (κ1) is 12.4. The molecule has 0 aromatic carbocycles. The Kier molecular flexibility index (Phi) is 4.08. The van der Waals surface area contributed by atoms with Gasteiger partial charge in [0.05, 0.1) is 0 Å². The zero-order valence-electron chi connectivity index (χ0n) is 9.06. The molecule has 5 nitrogen and oxygen atoms in total. The maximum Gasteiger partial charge on any atom is 0.356 e. The Bertz CT molecular complexity index is 314. The van der Waals surface area contributed by atoms with Crippen molar-refractivity contribution in [3.63, 3.8) is 0 Å². The molecule has 0 bridgehead atoms. The second-order valence-corrected chi connectivity index (χ2v) is 5.51. The number of hydrogen-bond donors (Lipinski definition) is 0. The molecule has 0 fully saturated rings. The molecule has 0 aromatic rings. The van der Waals surface area contributed by atoms with Crippen molar-refractivity contribution in [2.75, 3.05) is 14.2 Å². The summed E-state index contributed by atoms with van der Waals surface area (Å²) in [5.74, 6) is -0.345. The lowest BCUT2D eigenvalue weighted by molar-refractivity contribution is -0.144. The van der Waals surface area contributed by atoms with Crippen LogP contribution < -0.4 is 0 Å². The van der Waals surface area contributed by atoms with Crippen molar-refractivity contribution < 1.29 is 23.1 Å². The van der Waals surface area contributed by atoms with Gasteiger partial charge < -0.3 is 13.8 Å². The van der Waals surface area contributed by atoms with Crippen LogP contribution in [-0.4, -0.2) is 26.3 Å². The minimum atomic E-state index is -3.14. The maximum absolute atomic E-state index is 11.9. The van der Waals surface area contributed by atoms with Gasteiger partial charge in [0.15, 0.2) is 0 Å². The van der Waals surface area contributed by atoms with Gasteiger partial charge in [-0.3, -0.25) is 9.36 Å². The summed E-state index contributed by atoms with van der Waals surface area (Å²) in [5.41, 5.74) is 0. The molecule has 1 unspecified atom stereocenters. The summed E-state index contributed by atoms with van der Waals surface area (Å²) in [4.78, 5) is 10.7. The van der Waals surface area contributed by atoms with Crippen molar-refractivity contribution in [3.05, 3.63) is 11.4 Å². The van der Waals surface area contributed by atoms with Crippen molar-refractivity contribution in [2.45, 2.75) is 25.9 Å². The van der Waals surface area contributed by atoms with Crippen LogP contribution in [0.1, 0.15) is 19.8 Å². The van der Waals surface area contributed by atoms with E-state index in [-0.39, 0.29) is 12.1 Å². The Morgan fingerprint density at radius 1 is 1.47 bits per heavy atom. The van der Waals surface area contributed by atoms with E-state index in [2.05, 4.69) is 0 Å². The van der Waals surface area contributed by atoms with E-state index in [1.807, 2.05) is 0 Å². The zero-order chi connectivity index (χ0) is 11.5. The normalized spacial score (nSPS) is 21.3. The first-order chi connectivity index (χ1) is 7.01. The lowest BCUT2D eigenvalue weighted by atomic mass is 10.3. The van der Waals surface area contributed by atoms with E-state index in [9.17, 15) is 9.36 Å². The average Bonchev–Trinajstić information content (AvgIpc) is 2.64. The number of carbonyl (C=O) groups is 1. The molecule has 0 saturated heterocycles. The first-order valence-corrected chi connectivity index (χ1v) is 6.16. The molecule has 1 aliphatic rings. The number of hydrogen-bond acceptors (Lipinski definition) is 5. The summed E-state index contributed by atoms with van der Waals surface area (Å²) >= 11 is 0. The Morgan fingerprint density at radius 2 is 2.07 bits per heavy atom. The molecule has 0 spiro atoms. The largest absolute Gasteiger partial charge is 0.458 e. The van der Waals surface area contributed by atoms with Gasteiger partial charge in [-0.1, -0.05) is 0 Å². The Balaban J connectivity index is 2.73. The molecule has 0 radical (unpaired) electrons. The highest BCUT2D eigenvalue weighted by Crippen LogP contribution is 2.58. The minimum absolute atomic E-state index is 0.309. The number of allylic oxidation sites excluding steroid dienone is 1. The number of ether oxygens (including phenoxy) is 1. The summed E-state index contributed by atoms with van der Waals surface area (Å²) in [6.07, 6.45) is 2.54. The molecule has 0 aromatic heterocycles. The lowest BCUT2D eigenvalue weighted by Crippen LogP contribution is -2.10. The third-order valence-electron chi connectivity index (χ3n) is 2.21. The monoisotopic (exact) mass is 234 g/mol. The van der Waals surface area contributed by atoms with Gasteiger partial charge in [0.1, 0.15) is 6.10 Å². The van der Waals surface area contributed by atoms with E-state index in [4.69, 9.17) is 13.8 Å². The minimum Gasteiger partial charge on any atom is -0.458 e. The van der Waals surface area contributed by atoms with Gasteiger partial charge in [-0.2, -0.15) is 0 Å². The Hall–Kier alpha value is -0.640. The van der Waals surface area contributed by atoms with Crippen LogP contribution >= 0.6 is 7.60 Å². The summed E-state index contributed by atoms with van der Waals surface area (Å²) in [5, 5.41) is 0.582. The quantitative estimate of drug-likeness (QED) is 0.550. The van der Waals surface area contributed by atoms with Gasteiger partial charge >= 0.3 is 13.6 Å². The number of rotatable bonds is 4. The van der Waals surface area contributed by atoms with Crippen molar-refractivity contribution in [3.8, 4) is 0 Å². The van der Waals surface area contributed by atoms with E-state index in [1.165, 1.54) is 21.1 Å². The summed E-state index contributed by atoms with van der Waals surface area (Å²) in [6, 6.07) is 0. The predicted molar refractivity (Wildman–Crippen MR) is 54.5 cm³/mol. The summed E-state index contributed by atoms with van der Waals surface area (Å²) in [6.45, 7) is 1.35. The second-order valence-electron chi connectivity index (χ2n) is 3.21. The SMILES string of the molecule is COP(=O)(OC)C1=CC(OC(C)=O)CC1. The van der Waals surface area contributed by atoms with Crippen molar-refractivity contribution in [2.24, 2.45) is 0 Å². The summed E-state index contributed by atoms with van der Waals surface area (Å²) < 4.78 is 26.6. The number of carbonyl (C=O) groups excluding carboxylic acids is 1. The molecule has 0 aliphatic heterocycles. The Morgan fingerprint density at radius 3 is 2.53 bits per heavy atom. The molecule has 1 aliphatic carbocycles. The smallest absolute Gasteiger partial charge is 0.356 e. The topological polar surface area (TPSA) is 61.8 Å². The molecule has 0 heterocycles. The summed E-state index contributed by atoms with van der Waals surface area (Å²) in [7, 11) is -0.465. The van der Waals surface area contributed by atoms with Crippen LogP contribution in [0.5, 0.6) is 0 Å². The van der Waals surface area contributed by atoms with Crippen molar-refractivity contribution >= 4 is 13.6 Å². The fraction of sp³-hybridized carbons (Fsp3) is 0.667. The van der Waals surface area contributed by atoms with Crippen LogP contribution in [0.15, 0.2) is 11.4 Å². The molecule has 86 valence electrons. The van der Waals surface area contributed by atoms with Crippen LogP contribution in [-0.2, 0) is 23.1 Å². The van der Waals surface area contributed by atoms with Gasteiger partial charge in [0.25, 0.3) is 0 Å². The molecular weight excluding hydrogens is 219 g/mol. The Labute approximate surface area is 88.9 Å². The number of esters is 1. The zero-order valence-corrected chi connectivity index (χ0v) is 9.95. The molecule has 15 heavy (non-hydrogen) atoms. The van der Waals surface area contributed by atoms with E-state index in [0.717, 1.165) is 0 Å². The first-order valence-electron chi connectivity index (χ1n) is 4.62. The average molecular weight is 234 g/mol. The van der Waals surface area contributed by atoms with E-state index < -0.39 is 7.60 Å². The van der Waals surface area contributed by atoms with Crippen molar-refractivity contribution in [1.29, 1.82) is 0 Å². The van der Waals surface area contributed by atoms with Crippen LogP contribution in [0.4, 0.5) is 0 Å². The van der Waals surface area contributed by atoms with Gasteiger partial charge in [-0.15, -0.1) is 0 Å². The maximum atomic E-state index is 11.9. The van der Waals surface area contributed by atoms with Crippen LogP contribution in [0.2, 0.25) is 0 Å². The van der Waals surface area contributed by atoms with E-state index >= 15 is 0 Å². The molecule has 0 amide bonds. The van der Waals surface area contributed by atoms with Gasteiger partial charge in [-0.25, -0.2) is 0 Å². The second kappa shape index (κ2) is 4.92. The molecule has 0 N–H and O–H groups in total. The third kappa shape index (κ3) is 2.91. The van der Waals surface area contributed by atoms with Crippen LogP contribution in [0.25, 0.3) is 0 Å². The van der Waals surface area contributed by atoms with E-state index in [0.29, 0.717) is 18.2 Å². The molecule has 1 atom stereocenters. The standard InChI is InChI=1S/C9H15O5P/c1-7(10)14-8-4-5-9(6-8)15(11,12-2)13-3/h6,8H,4-5H2,1-3H3. The highest BCUT2D eigenvalue weighted by molar-refractivity contribution is 7.58. The molecular formula is C9H15O5P. The van der Waals surface area contributed by atoms with Gasteiger partial charge in [0, 0.05) is 26.5 Å². The molecule has 6 heteroatoms. The van der Waals surface area contributed by atoms with Gasteiger partial charge in [0.2, 0.25) is 0 Å². The highest BCUT2D eigenvalue weighted by atomic mass is 31.2. The van der Waals surface area contributed by atoms with E-state index in [1.54, 1.807) is 6.08 Å². The highest BCUT2D eigenvalue weighted by Gasteiger charge is 2.33. The van der Waals surface area contributed by atoms with Crippen molar-refractivity contribution in [1.82, 2.24) is 0 Å². The molecule has 1 rings (SSSR count). The lowest BCUT2D eigenvalue weighted by Gasteiger charge is -2.13.